The van der Waals surface area contributed by atoms with Crippen LogP contribution in [0.2, 0.25) is 0 Å². The van der Waals surface area contributed by atoms with Crippen LogP contribution < -0.4 is 5.32 Å². The van der Waals surface area contributed by atoms with E-state index in [0.717, 1.165) is 0 Å². The van der Waals surface area contributed by atoms with Gasteiger partial charge in [-0.2, -0.15) is 4.31 Å². The number of amides is 1. The molecule has 0 aliphatic carbocycles. The van der Waals surface area contributed by atoms with Gasteiger partial charge >= 0.3 is 0 Å². The van der Waals surface area contributed by atoms with Gasteiger partial charge in [0, 0.05) is 31.9 Å². The molecule has 0 spiro atoms. The predicted octanol–water partition coefficient (Wildman–Crippen LogP) is 1.76. The molecule has 8 heteroatoms. The second-order valence-corrected chi connectivity index (χ2v) is 8.55. The van der Waals surface area contributed by atoms with Crippen LogP contribution in [0.4, 0.5) is 5.69 Å². The van der Waals surface area contributed by atoms with Crippen LogP contribution in [0.25, 0.3) is 0 Å². The van der Waals surface area contributed by atoms with Gasteiger partial charge in [0.2, 0.25) is 15.9 Å². The second-order valence-electron chi connectivity index (χ2n) is 6.62. The molecular formula is C18H29N3O4S. The Bertz CT molecular complexity index is 709. The summed E-state index contributed by atoms with van der Waals surface area (Å²) in [7, 11) is -3.55. The Morgan fingerprint density at radius 2 is 1.85 bits per heavy atom. The molecule has 2 atom stereocenters. The summed E-state index contributed by atoms with van der Waals surface area (Å²) >= 11 is 0. The van der Waals surface area contributed by atoms with Gasteiger partial charge in [-0.1, -0.05) is 19.9 Å². The molecule has 0 unspecified atom stereocenters. The first-order valence-electron chi connectivity index (χ1n) is 9.04. The average Bonchev–Trinajstić information content (AvgIpc) is 2.54. The number of carbonyl (C=O) groups excluding carboxylic acids is 1. The Hall–Kier alpha value is -1.48. The number of nitrogens with zero attached hydrogens (tertiary/aromatic N) is 2. The molecule has 1 fully saturated rings. The molecule has 0 aromatic heterocycles. The number of sulfonamides is 1. The van der Waals surface area contributed by atoms with E-state index in [4.69, 9.17) is 4.74 Å². The maximum atomic E-state index is 12.6. The summed E-state index contributed by atoms with van der Waals surface area (Å²) < 4.78 is 32.3. The highest BCUT2D eigenvalue weighted by Gasteiger charge is 2.24. The summed E-state index contributed by atoms with van der Waals surface area (Å²) in [6.07, 6.45) is 0.184. The van der Waals surface area contributed by atoms with Crippen molar-refractivity contribution in [2.45, 2.75) is 44.8 Å². The molecule has 146 valence electrons. The first-order valence-corrected chi connectivity index (χ1v) is 10.5. The van der Waals surface area contributed by atoms with Crippen molar-refractivity contribution in [1.29, 1.82) is 0 Å². The van der Waals surface area contributed by atoms with Crippen LogP contribution in [0.3, 0.4) is 0 Å². The molecule has 1 amide bonds. The van der Waals surface area contributed by atoms with E-state index in [1.165, 1.54) is 10.4 Å². The lowest BCUT2D eigenvalue weighted by atomic mass is 10.2. The van der Waals surface area contributed by atoms with Crippen LogP contribution in [-0.4, -0.2) is 68.5 Å². The van der Waals surface area contributed by atoms with Crippen LogP contribution in [0.1, 0.15) is 27.7 Å². The van der Waals surface area contributed by atoms with Gasteiger partial charge in [-0.05, 0) is 32.0 Å². The van der Waals surface area contributed by atoms with Crippen molar-refractivity contribution in [1.82, 2.24) is 9.21 Å². The summed E-state index contributed by atoms with van der Waals surface area (Å²) in [5.41, 5.74) is 0.484. The quantitative estimate of drug-likeness (QED) is 0.776. The predicted molar refractivity (Wildman–Crippen MR) is 102 cm³/mol. The Kier molecular flexibility index (Phi) is 7.16. The minimum atomic E-state index is -3.55. The summed E-state index contributed by atoms with van der Waals surface area (Å²) in [5, 5.41) is 2.80. The molecule has 1 aromatic carbocycles. The van der Waals surface area contributed by atoms with Crippen LogP contribution in [0.15, 0.2) is 29.2 Å². The fourth-order valence-corrected chi connectivity index (χ4v) is 4.77. The molecule has 2 rings (SSSR count). The van der Waals surface area contributed by atoms with E-state index in [1.807, 2.05) is 18.7 Å². The molecule has 7 nitrogen and oxygen atoms in total. The number of carbonyl (C=O) groups is 1. The SMILES string of the molecule is CCN(CC)S(=O)(=O)c1cccc(NC(=O)CN2C[C@@H](C)O[C@H](C)C2)c1. The van der Waals surface area contributed by atoms with Crippen LogP contribution in [-0.2, 0) is 19.6 Å². The summed E-state index contributed by atoms with van der Waals surface area (Å²) in [4.78, 5) is 14.6. The van der Waals surface area contributed by atoms with Crippen molar-refractivity contribution in [3.8, 4) is 0 Å². The summed E-state index contributed by atoms with van der Waals surface area (Å²) in [6.45, 7) is 10.1. The Balaban J connectivity index is 2.05. The number of morpholine rings is 1. The number of nitrogens with one attached hydrogen (secondary N) is 1. The molecule has 26 heavy (non-hydrogen) atoms. The molecule has 1 aliphatic heterocycles. The number of hydrogen-bond acceptors (Lipinski definition) is 5. The summed E-state index contributed by atoms with van der Waals surface area (Å²) in [5.74, 6) is -0.163. The third-order valence-electron chi connectivity index (χ3n) is 4.32. The van der Waals surface area contributed by atoms with Crippen LogP contribution in [0.5, 0.6) is 0 Å². The summed E-state index contributed by atoms with van der Waals surface area (Å²) in [6, 6.07) is 6.40. The van der Waals surface area contributed by atoms with Crippen molar-refractivity contribution in [3.05, 3.63) is 24.3 Å². The Morgan fingerprint density at radius 3 is 2.42 bits per heavy atom. The minimum Gasteiger partial charge on any atom is -0.373 e. The van der Waals surface area contributed by atoms with Crippen molar-refractivity contribution >= 4 is 21.6 Å². The number of anilines is 1. The van der Waals surface area contributed by atoms with E-state index < -0.39 is 10.0 Å². The zero-order valence-electron chi connectivity index (χ0n) is 15.9. The zero-order valence-corrected chi connectivity index (χ0v) is 16.8. The molecule has 1 heterocycles. The van der Waals surface area contributed by atoms with E-state index >= 15 is 0 Å². The van der Waals surface area contributed by atoms with Crippen molar-refractivity contribution < 1.29 is 17.9 Å². The van der Waals surface area contributed by atoms with Gasteiger partial charge in [0.15, 0.2) is 0 Å². The Morgan fingerprint density at radius 1 is 1.23 bits per heavy atom. The van der Waals surface area contributed by atoms with E-state index in [9.17, 15) is 13.2 Å². The third-order valence-corrected chi connectivity index (χ3v) is 6.37. The minimum absolute atomic E-state index is 0.0918. The van der Waals surface area contributed by atoms with Crippen molar-refractivity contribution in [2.24, 2.45) is 0 Å². The lowest BCUT2D eigenvalue weighted by molar-refractivity contribution is -0.121. The lowest BCUT2D eigenvalue weighted by Crippen LogP contribution is -2.48. The Labute approximate surface area is 156 Å². The van der Waals surface area contributed by atoms with Crippen molar-refractivity contribution in [3.63, 3.8) is 0 Å². The zero-order chi connectivity index (χ0) is 19.3. The monoisotopic (exact) mass is 383 g/mol. The van der Waals surface area contributed by atoms with Gasteiger partial charge in [0.25, 0.3) is 0 Å². The van der Waals surface area contributed by atoms with Gasteiger partial charge in [-0.3, -0.25) is 9.69 Å². The normalized spacial score (nSPS) is 21.7. The molecule has 1 saturated heterocycles. The van der Waals surface area contributed by atoms with Gasteiger partial charge < -0.3 is 10.1 Å². The fraction of sp³-hybridized carbons (Fsp3) is 0.611. The molecule has 0 saturated carbocycles. The van der Waals surface area contributed by atoms with E-state index in [2.05, 4.69) is 5.32 Å². The van der Waals surface area contributed by atoms with E-state index in [1.54, 1.807) is 32.0 Å². The van der Waals surface area contributed by atoms with Gasteiger partial charge in [0.1, 0.15) is 0 Å². The largest absolute Gasteiger partial charge is 0.373 e. The highest BCUT2D eigenvalue weighted by atomic mass is 32.2. The molecule has 0 bridgehead atoms. The smallest absolute Gasteiger partial charge is 0.243 e. The molecule has 1 aromatic rings. The van der Waals surface area contributed by atoms with Crippen LogP contribution in [0, 0.1) is 0 Å². The van der Waals surface area contributed by atoms with Crippen LogP contribution >= 0.6 is 0 Å². The second kappa shape index (κ2) is 8.94. The highest BCUT2D eigenvalue weighted by molar-refractivity contribution is 7.89. The first-order chi connectivity index (χ1) is 12.3. The standard InChI is InChI=1S/C18H29N3O4S/c1-5-21(6-2)26(23,24)17-9-7-8-16(10-17)19-18(22)13-20-11-14(3)25-15(4)12-20/h7-10,14-15H,5-6,11-13H2,1-4H3,(H,19,22)/t14-,15-/m1/s1. The maximum absolute atomic E-state index is 12.6. The average molecular weight is 384 g/mol. The highest BCUT2D eigenvalue weighted by Crippen LogP contribution is 2.19. The van der Waals surface area contributed by atoms with Gasteiger partial charge in [0.05, 0.1) is 23.6 Å². The molecule has 1 aliphatic rings. The first kappa shape index (κ1) is 20.8. The fourth-order valence-electron chi connectivity index (χ4n) is 3.26. The number of rotatable bonds is 7. The maximum Gasteiger partial charge on any atom is 0.243 e. The third kappa shape index (κ3) is 5.26. The topological polar surface area (TPSA) is 79.0 Å². The van der Waals surface area contributed by atoms with Gasteiger partial charge in [-0.15, -0.1) is 0 Å². The van der Waals surface area contributed by atoms with Crippen molar-refractivity contribution in [2.75, 3.05) is 38.0 Å². The lowest BCUT2D eigenvalue weighted by Gasteiger charge is -2.34. The number of ether oxygens (including phenoxy) is 1. The van der Waals surface area contributed by atoms with E-state index in [-0.39, 0.29) is 29.6 Å². The molecule has 0 radical (unpaired) electrons. The molecule has 1 N–H and O–H groups in total. The van der Waals surface area contributed by atoms with Gasteiger partial charge in [-0.25, -0.2) is 8.42 Å². The van der Waals surface area contributed by atoms with E-state index in [0.29, 0.717) is 31.9 Å². The number of benzene rings is 1. The molecular weight excluding hydrogens is 354 g/mol. The number of hydrogen-bond donors (Lipinski definition) is 1.